The van der Waals surface area contributed by atoms with Gasteiger partial charge in [0, 0.05) is 6.54 Å². The zero-order valence-corrected chi connectivity index (χ0v) is 11.6. The fourth-order valence-electron chi connectivity index (χ4n) is 1.66. The molecule has 2 rings (SSSR count). The lowest BCUT2D eigenvalue weighted by Crippen LogP contribution is -2.15. The number of para-hydroxylation sites is 1. The number of halogens is 1. The van der Waals surface area contributed by atoms with Gasteiger partial charge in [0.15, 0.2) is 0 Å². The van der Waals surface area contributed by atoms with Gasteiger partial charge in [-0.15, -0.1) is 0 Å². The molecule has 6 heteroatoms. The van der Waals surface area contributed by atoms with Crippen molar-refractivity contribution in [2.75, 3.05) is 4.72 Å². The highest BCUT2D eigenvalue weighted by Gasteiger charge is 2.18. The predicted octanol–water partition coefficient (Wildman–Crippen LogP) is 2.60. The zero-order valence-electron chi connectivity index (χ0n) is 10.0. The average Bonchev–Trinajstić information content (AvgIpc) is 2.39. The van der Waals surface area contributed by atoms with Crippen LogP contribution < -0.4 is 10.5 Å². The van der Waals surface area contributed by atoms with Crippen molar-refractivity contribution in [3.8, 4) is 0 Å². The average molecular weight is 297 g/mol. The van der Waals surface area contributed by atoms with Gasteiger partial charge >= 0.3 is 0 Å². The summed E-state index contributed by atoms with van der Waals surface area (Å²) in [6.07, 6.45) is 0. The summed E-state index contributed by atoms with van der Waals surface area (Å²) < 4.78 is 27.0. The van der Waals surface area contributed by atoms with Crippen LogP contribution in [0, 0.1) is 0 Å². The Morgan fingerprint density at radius 3 is 2.37 bits per heavy atom. The number of anilines is 1. The molecule has 0 aliphatic rings. The molecule has 4 nitrogen and oxygen atoms in total. The maximum absolute atomic E-state index is 12.3. The Hall–Kier alpha value is -1.56. The molecule has 0 fully saturated rings. The third-order valence-corrected chi connectivity index (χ3v) is 4.47. The van der Waals surface area contributed by atoms with Crippen LogP contribution in [0.15, 0.2) is 53.4 Å². The third kappa shape index (κ3) is 3.07. The molecule has 0 aliphatic carbocycles. The summed E-state index contributed by atoms with van der Waals surface area (Å²) >= 11 is 5.90. The second-order valence-electron chi connectivity index (χ2n) is 3.90. The van der Waals surface area contributed by atoms with Crippen LogP contribution in [0.5, 0.6) is 0 Å². The van der Waals surface area contributed by atoms with Crippen molar-refractivity contribution in [1.82, 2.24) is 0 Å². The molecule has 0 saturated carbocycles. The van der Waals surface area contributed by atoms with Crippen molar-refractivity contribution < 1.29 is 8.42 Å². The molecular formula is C13H13ClN2O2S. The Morgan fingerprint density at radius 1 is 1.05 bits per heavy atom. The molecule has 0 radical (unpaired) electrons. The summed E-state index contributed by atoms with van der Waals surface area (Å²) in [6.45, 7) is 0.251. The minimum atomic E-state index is -3.71. The molecule has 0 spiro atoms. The number of benzene rings is 2. The van der Waals surface area contributed by atoms with Gasteiger partial charge in [0.25, 0.3) is 10.0 Å². The number of nitrogens with one attached hydrogen (secondary N) is 1. The normalized spacial score (nSPS) is 11.3. The molecule has 0 saturated heterocycles. The fraction of sp³-hybridized carbons (Fsp3) is 0.0769. The van der Waals surface area contributed by atoms with Crippen LogP contribution in [0.2, 0.25) is 5.02 Å². The van der Waals surface area contributed by atoms with Crippen LogP contribution in [0.25, 0.3) is 0 Å². The minimum Gasteiger partial charge on any atom is -0.326 e. The van der Waals surface area contributed by atoms with Crippen molar-refractivity contribution in [3.05, 3.63) is 59.1 Å². The van der Waals surface area contributed by atoms with E-state index < -0.39 is 10.0 Å². The molecule has 0 unspecified atom stereocenters. The number of sulfonamides is 1. The van der Waals surface area contributed by atoms with Gasteiger partial charge < -0.3 is 5.73 Å². The largest absolute Gasteiger partial charge is 0.326 e. The van der Waals surface area contributed by atoms with E-state index in [1.54, 1.807) is 36.4 Å². The van der Waals surface area contributed by atoms with Crippen LogP contribution in [-0.2, 0) is 16.6 Å². The third-order valence-electron chi connectivity index (χ3n) is 2.61. The van der Waals surface area contributed by atoms with Crippen molar-refractivity contribution in [1.29, 1.82) is 0 Å². The second-order valence-corrected chi connectivity index (χ2v) is 5.96. The van der Waals surface area contributed by atoms with Gasteiger partial charge in [-0.3, -0.25) is 4.72 Å². The highest BCUT2D eigenvalue weighted by atomic mass is 35.5. The number of nitrogens with two attached hydrogens (primary N) is 1. The van der Waals surface area contributed by atoms with Gasteiger partial charge in [-0.05, 0) is 23.8 Å². The summed E-state index contributed by atoms with van der Waals surface area (Å²) in [5.41, 5.74) is 6.76. The highest BCUT2D eigenvalue weighted by Crippen LogP contribution is 2.24. The molecule has 2 aromatic carbocycles. The molecule has 0 amide bonds. The molecule has 0 bridgehead atoms. The van der Waals surface area contributed by atoms with E-state index in [0.29, 0.717) is 5.69 Å². The van der Waals surface area contributed by atoms with E-state index in [-0.39, 0.29) is 16.5 Å². The Balaban J connectivity index is 2.40. The fourth-order valence-corrected chi connectivity index (χ4v) is 3.28. The van der Waals surface area contributed by atoms with Crippen LogP contribution >= 0.6 is 11.6 Å². The first-order chi connectivity index (χ1) is 9.04. The number of hydrogen-bond donors (Lipinski definition) is 2. The zero-order chi connectivity index (χ0) is 13.9. The van der Waals surface area contributed by atoms with Crippen molar-refractivity contribution in [2.24, 2.45) is 5.73 Å². The van der Waals surface area contributed by atoms with Crippen LogP contribution in [-0.4, -0.2) is 8.42 Å². The van der Waals surface area contributed by atoms with Crippen LogP contribution in [0.4, 0.5) is 5.69 Å². The Labute approximate surface area is 117 Å². The van der Waals surface area contributed by atoms with E-state index in [4.69, 9.17) is 17.3 Å². The quantitative estimate of drug-likeness (QED) is 0.911. The van der Waals surface area contributed by atoms with E-state index in [9.17, 15) is 8.42 Å². The smallest absolute Gasteiger partial charge is 0.263 e. The van der Waals surface area contributed by atoms with E-state index >= 15 is 0 Å². The molecule has 0 atom stereocenters. The van der Waals surface area contributed by atoms with Crippen LogP contribution in [0.3, 0.4) is 0 Å². The summed E-state index contributed by atoms with van der Waals surface area (Å²) in [7, 11) is -3.71. The topological polar surface area (TPSA) is 72.2 Å². The van der Waals surface area contributed by atoms with Crippen molar-refractivity contribution in [3.63, 3.8) is 0 Å². The highest BCUT2D eigenvalue weighted by molar-refractivity contribution is 7.92. The van der Waals surface area contributed by atoms with E-state index in [2.05, 4.69) is 4.72 Å². The summed E-state index contributed by atoms with van der Waals surface area (Å²) in [5, 5.41) is 0.181. The summed E-state index contributed by atoms with van der Waals surface area (Å²) in [6, 6.07) is 13.3. The van der Waals surface area contributed by atoms with Crippen LogP contribution in [0.1, 0.15) is 5.56 Å². The summed E-state index contributed by atoms with van der Waals surface area (Å²) in [5.74, 6) is 0. The van der Waals surface area contributed by atoms with E-state index in [1.807, 2.05) is 0 Å². The van der Waals surface area contributed by atoms with Gasteiger partial charge in [-0.2, -0.15) is 0 Å². The number of hydrogen-bond acceptors (Lipinski definition) is 3. The van der Waals surface area contributed by atoms with Gasteiger partial charge in [-0.25, -0.2) is 8.42 Å². The first-order valence-corrected chi connectivity index (χ1v) is 7.46. The van der Waals surface area contributed by atoms with E-state index in [1.165, 1.54) is 12.1 Å². The molecule has 19 heavy (non-hydrogen) atoms. The van der Waals surface area contributed by atoms with Crippen molar-refractivity contribution >= 4 is 27.3 Å². The monoisotopic (exact) mass is 296 g/mol. The van der Waals surface area contributed by atoms with Gasteiger partial charge in [0.1, 0.15) is 4.90 Å². The van der Waals surface area contributed by atoms with Crippen molar-refractivity contribution in [2.45, 2.75) is 11.4 Å². The lowest BCUT2D eigenvalue weighted by Gasteiger charge is -2.12. The lowest BCUT2D eigenvalue weighted by molar-refractivity contribution is 0.601. The SMILES string of the molecule is NCc1ccccc1NS(=O)(=O)c1ccccc1Cl. The minimum absolute atomic E-state index is 0.0449. The maximum atomic E-state index is 12.3. The molecule has 100 valence electrons. The maximum Gasteiger partial charge on any atom is 0.263 e. The Morgan fingerprint density at radius 2 is 1.68 bits per heavy atom. The Kier molecular flexibility index (Phi) is 4.09. The van der Waals surface area contributed by atoms with Gasteiger partial charge in [0.2, 0.25) is 0 Å². The molecule has 0 aliphatic heterocycles. The molecule has 0 aromatic heterocycles. The van der Waals surface area contributed by atoms with Gasteiger partial charge in [-0.1, -0.05) is 41.9 Å². The summed E-state index contributed by atoms with van der Waals surface area (Å²) in [4.78, 5) is 0.0449. The molecule has 0 heterocycles. The standard InChI is InChI=1S/C13H13ClN2O2S/c14-11-6-2-4-8-13(11)19(17,18)16-12-7-3-1-5-10(12)9-15/h1-8,16H,9,15H2. The number of rotatable bonds is 4. The second kappa shape index (κ2) is 5.61. The molecular weight excluding hydrogens is 284 g/mol. The first kappa shape index (κ1) is 13.9. The lowest BCUT2D eigenvalue weighted by atomic mass is 10.2. The molecule has 2 aromatic rings. The molecule has 3 N–H and O–H groups in total. The first-order valence-electron chi connectivity index (χ1n) is 5.60. The Bertz CT molecular complexity index is 687. The van der Waals surface area contributed by atoms with Gasteiger partial charge in [0.05, 0.1) is 10.7 Å². The van der Waals surface area contributed by atoms with E-state index in [0.717, 1.165) is 5.56 Å². The predicted molar refractivity (Wildman–Crippen MR) is 76.6 cm³/mol.